The van der Waals surface area contributed by atoms with Gasteiger partial charge in [0.1, 0.15) is 6.34 Å². The van der Waals surface area contributed by atoms with Gasteiger partial charge < -0.3 is 15.3 Å². The molecule has 9 heteroatoms. The number of nitrogens with one attached hydrogen (secondary N) is 1. The van der Waals surface area contributed by atoms with Gasteiger partial charge in [-0.15, -0.1) is 4.40 Å². The van der Waals surface area contributed by atoms with Gasteiger partial charge in [0.2, 0.25) is 5.91 Å². The van der Waals surface area contributed by atoms with Gasteiger partial charge in [-0.1, -0.05) is 54.1 Å². The number of halogens is 1. The van der Waals surface area contributed by atoms with E-state index in [1.54, 1.807) is 88.6 Å². The van der Waals surface area contributed by atoms with Gasteiger partial charge in [-0.25, -0.2) is 0 Å². The molecule has 0 aliphatic heterocycles. The lowest BCUT2D eigenvalue weighted by Gasteiger charge is -2.19. The van der Waals surface area contributed by atoms with Crippen molar-refractivity contribution < 1.29 is 18.3 Å². The van der Waals surface area contributed by atoms with Crippen molar-refractivity contribution in [2.45, 2.75) is 30.8 Å². The molecule has 3 aromatic carbocycles. The average Bonchev–Trinajstić information content (AvgIpc) is 2.79. The van der Waals surface area contributed by atoms with Crippen LogP contribution in [0, 0.1) is 0 Å². The second-order valence-electron chi connectivity index (χ2n) is 8.83. The van der Waals surface area contributed by atoms with Crippen molar-refractivity contribution >= 4 is 39.6 Å². The van der Waals surface area contributed by atoms with Crippen LogP contribution < -0.4 is 5.32 Å². The largest absolute Gasteiger partial charge is 0.386 e. The lowest BCUT2D eigenvalue weighted by Crippen LogP contribution is -2.16. The summed E-state index contributed by atoms with van der Waals surface area (Å²) in [5, 5.41) is 13.6. The predicted molar refractivity (Wildman–Crippen MR) is 140 cm³/mol. The lowest BCUT2D eigenvalue weighted by atomic mass is 9.94. The molecule has 0 aliphatic carbocycles. The van der Waals surface area contributed by atoms with Gasteiger partial charge in [-0.05, 0) is 54.8 Å². The molecule has 7 nitrogen and oxygen atoms in total. The van der Waals surface area contributed by atoms with Gasteiger partial charge in [-0.3, -0.25) is 4.79 Å². The zero-order chi connectivity index (χ0) is 25.8. The van der Waals surface area contributed by atoms with Crippen LogP contribution in [0.15, 0.2) is 76.0 Å². The molecule has 0 unspecified atom stereocenters. The fourth-order valence-corrected chi connectivity index (χ4v) is 4.72. The highest BCUT2D eigenvalue weighted by atomic mass is 35.5. The Labute approximate surface area is 211 Å². The quantitative estimate of drug-likeness (QED) is 0.336. The number of benzene rings is 3. The Hall–Kier alpha value is -3.20. The number of carbonyl (C=O) groups is 1. The SMILES string of the molecule is CN(C)C=NS(=O)(=O)c1cc(NC(=O)Cc2ccccc2Cl)ccc1-c1cccc(C(C)(C)O)c1. The van der Waals surface area contributed by atoms with Gasteiger partial charge in [0.25, 0.3) is 10.0 Å². The van der Waals surface area contributed by atoms with Crippen molar-refractivity contribution in [2.24, 2.45) is 4.40 Å². The third kappa shape index (κ3) is 6.91. The van der Waals surface area contributed by atoms with Crippen LogP contribution in [0.1, 0.15) is 25.0 Å². The van der Waals surface area contributed by atoms with E-state index in [9.17, 15) is 18.3 Å². The summed E-state index contributed by atoms with van der Waals surface area (Å²) in [6.07, 6.45) is 1.24. The second-order valence-corrected chi connectivity index (χ2v) is 10.8. The molecule has 0 heterocycles. The van der Waals surface area contributed by atoms with Crippen molar-refractivity contribution in [3.8, 4) is 11.1 Å². The minimum Gasteiger partial charge on any atom is -0.386 e. The molecule has 0 aromatic heterocycles. The molecule has 0 aliphatic rings. The highest BCUT2D eigenvalue weighted by molar-refractivity contribution is 7.90. The van der Waals surface area contributed by atoms with E-state index in [2.05, 4.69) is 9.71 Å². The third-order valence-electron chi connectivity index (χ3n) is 5.15. The van der Waals surface area contributed by atoms with Crippen molar-refractivity contribution in [3.05, 3.63) is 82.9 Å². The van der Waals surface area contributed by atoms with Crippen LogP contribution in [0.2, 0.25) is 5.02 Å². The van der Waals surface area contributed by atoms with Crippen LogP contribution in [-0.2, 0) is 26.8 Å². The van der Waals surface area contributed by atoms with Crippen molar-refractivity contribution in [1.29, 1.82) is 0 Å². The topological polar surface area (TPSA) is 99.1 Å². The molecule has 2 N–H and O–H groups in total. The molecule has 0 saturated heterocycles. The normalized spacial score (nSPS) is 12.1. The van der Waals surface area contributed by atoms with Crippen LogP contribution in [0.5, 0.6) is 0 Å². The Bertz CT molecular complexity index is 1360. The van der Waals surface area contributed by atoms with Gasteiger partial charge in [-0.2, -0.15) is 8.42 Å². The van der Waals surface area contributed by atoms with E-state index in [-0.39, 0.29) is 17.2 Å². The van der Waals surface area contributed by atoms with E-state index >= 15 is 0 Å². The van der Waals surface area contributed by atoms with Crippen molar-refractivity contribution in [2.75, 3.05) is 19.4 Å². The first-order valence-electron chi connectivity index (χ1n) is 10.8. The number of hydrogen-bond donors (Lipinski definition) is 2. The number of hydrogen-bond acceptors (Lipinski definition) is 4. The van der Waals surface area contributed by atoms with Crippen LogP contribution >= 0.6 is 11.6 Å². The molecule has 0 atom stereocenters. The van der Waals surface area contributed by atoms with E-state index in [1.807, 2.05) is 0 Å². The first kappa shape index (κ1) is 26.4. The van der Waals surface area contributed by atoms with E-state index < -0.39 is 15.6 Å². The predicted octanol–water partition coefficient (Wildman–Crippen LogP) is 4.69. The maximum atomic E-state index is 13.2. The van der Waals surface area contributed by atoms with Crippen molar-refractivity contribution in [1.82, 2.24) is 4.90 Å². The molecule has 0 radical (unpaired) electrons. The first-order chi connectivity index (χ1) is 16.4. The zero-order valence-electron chi connectivity index (χ0n) is 20.0. The van der Waals surface area contributed by atoms with Gasteiger partial charge >= 0.3 is 0 Å². The Kier molecular flexibility index (Phi) is 8.00. The van der Waals surface area contributed by atoms with Gasteiger partial charge in [0, 0.05) is 30.4 Å². The molecule has 0 saturated carbocycles. The number of amides is 1. The minimum absolute atomic E-state index is 0.0376. The number of carbonyl (C=O) groups excluding carboxylic acids is 1. The summed E-state index contributed by atoms with van der Waals surface area (Å²) in [5.74, 6) is -0.338. The fraction of sp³-hybridized carbons (Fsp3) is 0.231. The summed E-state index contributed by atoms with van der Waals surface area (Å²) in [4.78, 5) is 14.1. The van der Waals surface area contributed by atoms with Gasteiger partial charge in [0.05, 0.1) is 16.9 Å². The van der Waals surface area contributed by atoms with Crippen LogP contribution in [0.25, 0.3) is 11.1 Å². The van der Waals surface area contributed by atoms with E-state index in [0.717, 1.165) is 0 Å². The number of rotatable bonds is 8. The smallest absolute Gasteiger partial charge is 0.284 e. The Morgan fingerprint density at radius 1 is 1.09 bits per heavy atom. The minimum atomic E-state index is -4.11. The number of anilines is 1. The summed E-state index contributed by atoms with van der Waals surface area (Å²) in [6.45, 7) is 3.31. The highest BCUT2D eigenvalue weighted by Gasteiger charge is 2.22. The molecule has 3 rings (SSSR count). The molecule has 0 fully saturated rings. The first-order valence-corrected chi connectivity index (χ1v) is 12.7. The zero-order valence-corrected chi connectivity index (χ0v) is 21.6. The number of sulfonamides is 1. The molecule has 0 bridgehead atoms. The summed E-state index contributed by atoms with van der Waals surface area (Å²) >= 11 is 6.15. The lowest BCUT2D eigenvalue weighted by molar-refractivity contribution is -0.115. The summed E-state index contributed by atoms with van der Waals surface area (Å²) in [5.41, 5.74) is 1.49. The Morgan fingerprint density at radius 2 is 1.80 bits per heavy atom. The molecule has 1 amide bonds. The monoisotopic (exact) mass is 513 g/mol. The Balaban J connectivity index is 2.04. The summed E-state index contributed by atoms with van der Waals surface area (Å²) in [7, 11) is -0.784. The molecular weight excluding hydrogens is 486 g/mol. The number of aliphatic hydroxyl groups is 1. The van der Waals surface area contributed by atoms with E-state index in [1.165, 1.54) is 17.3 Å². The average molecular weight is 514 g/mol. The van der Waals surface area contributed by atoms with Gasteiger partial charge in [0.15, 0.2) is 0 Å². The maximum Gasteiger partial charge on any atom is 0.284 e. The second kappa shape index (κ2) is 10.6. The number of nitrogens with zero attached hydrogens (tertiary/aromatic N) is 2. The third-order valence-corrected chi connectivity index (χ3v) is 6.78. The summed E-state index contributed by atoms with van der Waals surface area (Å²) < 4.78 is 30.1. The molecule has 184 valence electrons. The van der Waals surface area contributed by atoms with Crippen LogP contribution in [0.3, 0.4) is 0 Å². The summed E-state index contributed by atoms with van der Waals surface area (Å²) in [6, 6.07) is 18.7. The molecular formula is C26H28ClN3O4S. The standard InChI is InChI=1S/C26H28ClN3O4S/c1-26(2,32)20-10-7-9-18(14-20)22-13-12-21(16-24(22)35(33,34)28-17-30(3)4)29-25(31)15-19-8-5-6-11-23(19)27/h5-14,16-17,32H,15H2,1-4H3,(H,29,31). The van der Waals surface area contributed by atoms with Crippen LogP contribution in [0.4, 0.5) is 5.69 Å². The Morgan fingerprint density at radius 3 is 2.46 bits per heavy atom. The molecule has 3 aromatic rings. The molecule has 35 heavy (non-hydrogen) atoms. The van der Waals surface area contributed by atoms with Crippen LogP contribution in [-0.4, -0.2) is 44.8 Å². The fourth-order valence-electron chi connectivity index (χ4n) is 3.35. The van der Waals surface area contributed by atoms with E-state index in [0.29, 0.717) is 33.0 Å². The maximum absolute atomic E-state index is 13.2. The van der Waals surface area contributed by atoms with E-state index in [4.69, 9.17) is 11.6 Å². The van der Waals surface area contributed by atoms with Crippen molar-refractivity contribution in [3.63, 3.8) is 0 Å². The highest BCUT2D eigenvalue weighted by Crippen LogP contribution is 2.33. The molecule has 0 spiro atoms.